The van der Waals surface area contributed by atoms with E-state index in [9.17, 15) is 8.42 Å². The summed E-state index contributed by atoms with van der Waals surface area (Å²) in [5.41, 5.74) is 1.04. The van der Waals surface area contributed by atoms with Gasteiger partial charge >= 0.3 is 0 Å². The van der Waals surface area contributed by atoms with E-state index in [2.05, 4.69) is 20.8 Å². The van der Waals surface area contributed by atoms with Gasteiger partial charge in [-0.3, -0.25) is 4.55 Å². The summed E-state index contributed by atoms with van der Waals surface area (Å²) in [6.07, 6.45) is 32.1. The van der Waals surface area contributed by atoms with Crippen molar-refractivity contribution in [1.29, 1.82) is 0 Å². The molecule has 0 saturated heterocycles. The molecule has 0 atom stereocenters. The summed E-state index contributed by atoms with van der Waals surface area (Å²) in [5.74, 6) is 0. The smallest absolute Gasteiger partial charge is 0.294 e. The van der Waals surface area contributed by atoms with Gasteiger partial charge in [-0.15, -0.1) is 7.92 Å². The first-order valence-corrected chi connectivity index (χ1v) is 19.0. The van der Waals surface area contributed by atoms with Crippen molar-refractivity contribution in [2.24, 2.45) is 0 Å². The molecule has 6 heteroatoms. The van der Waals surface area contributed by atoms with Crippen LogP contribution >= 0.6 is 7.92 Å². The molecule has 4 nitrogen and oxygen atoms in total. The maximum atomic E-state index is 10.6. The number of rotatable bonds is 23. The first-order valence-electron chi connectivity index (χ1n) is 15.7. The van der Waals surface area contributed by atoms with Crippen LogP contribution in [0.15, 0.2) is 29.2 Å². The molecule has 0 aliphatic rings. The predicted octanol–water partition coefficient (Wildman–Crippen LogP) is 11.2. The van der Waals surface area contributed by atoms with Crippen molar-refractivity contribution in [3.63, 3.8) is 0 Å². The van der Waals surface area contributed by atoms with Crippen LogP contribution in [-0.4, -0.2) is 31.5 Å². The molecule has 1 rings (SSSR count). The van der Waals surface area contributed by atoms with E-state index in [-0.39, 0.29) is 11.0 Å². The van der Waals surface area contributed by atoms with Crippen molar-refractivity contribution in [3.8, 4) is 0 Å². The molecule has 0 heterocycles. The maximum Gasteiger partial charge on any atom is 0.294 e. The van der Waals surface area contributed by atoms with E-state index in [4.69, 9.17) is 4.55 Å². The number of hydrogen-bond donors (Lipinski definition) is 2. The summed E-state index contributed by atoms with van der Waals surface area (Å²) in [6.45, 7) is 8.93. The average molecular weight is 574 g/mol. The lowest BCUT2D eigenvalue weighted by Crippen LogP contribution is -1.97. The molecule has 0 bridgehead atoms. The third-order valence-corrected chi connectivity index (χ3v) is 10.8. The highest BCUT2D eigenvalue weighted by Crippen LogP contribution is 2.39. The van der Waals surface area contributed by atoms with E-state index >= 15 is 0 Å². The van der Waals surface area contributed by atoms with Crippen molar-refractivity contribution in [1.82, 2.24) is 6.15 Å². The maximum absolute atomic E-state index is 10.6. The molecule has 0 fully saturated rings. The van der Waals surface area contributed by atoms with E-state index in [1.54, 1.807) is 30.6 Å². The fraction of sp³-hybridized carbons (Fsp3) is 0.812. The van der Waals surface area contributed by atoms with Gasteiger partial charge in [-0.05, 0) is 61.9 Å². The van der Waals surface area contributed by atoms with Gasteiger partial charge in [0.2, 0.25) is 0 Å². The number of unbranched alkanes of at least 4 members (excludes halogenated alkanes) is 15. The lowest BCUT2D eigenvalue weighted by Gasteiger charge is -2.18. The zero-order chi connectivity index (χ0) is 27.6. The van der Waals surface area contributed by atoms with Crippen molar-refractivity contribution in [2.45, 2.75) is 155 Å². The van der Waals surface area contributed by atoms with Crippen LogP contribution in [0.2, 0.25) is 0 Å². The highest BCUT2D eigenvalue weighted by molar-refractivity contribution is 7.85. The van der Waals surface area contributed by atoms with Crippen LogP contribution < -0.4 is 6.15 Å². The Labute approximate surface area is 239 Å². The topological polar surface area (TPSA) is 89.4 Å². The van der Waals surface area contributed by atoms with Gasteiger partial charge in [0.1, 0.15) is 0 Å². The first-order chi connectivity index (χ1) is 17.9. The highest BCUT2D eigenvalue weighted by Gasteiger charge is 2.08. The number of aryl methyl sites for hydroxylation is 1. The van der Waals surface area contributed by atoms with E-state index in [1.807, 2.05) is 6.92 Å². The van der Waals surface area contributed by atoms with Crippen LogP contribution in [0.4, 0.5) is 0 Å². The second-order valence-electron chi connectivity index (χ2n) is 10.6. The quantitative estimate of drug-likeness (QED) is 0.0774. The van der Waals surface area contributed by atoms with Crippen LogP contribution in [0.5, 0.6) is 0 Å². The Bertz CT molecular complexity index is 672. The minimum atomic E-state index is -4.03. The molecule has 0 aliphatic carbocycles. The lowest BCUT2D eigenvalue weighted by molar-refractivity contribution is 0.483. The van der Waals surface area contributed by atoms with Gasteiger partial charge in [-0.1, -0.05) is 136 Å². The standard InChI is InChI=1S/C24H51P.C8H10O3S.H3N/c1-4-7-10-13-16-19-22-25(23-20-17-14-11-8-5-2)24-21-18-15-12-9-6-3;1-2-7-3-5-8(6-4-7)12(9,10)11;/h4-24H2,1-3H3;3-6H,2H2,1H3,(H,9,10,11);1H3. The van der Waals surface area contributed by atoms with Crippen molar-refractivity contribution in [3.05, 3.63) is 29.8 Å². The third kappa shape index (κ3) is 24.6. The minimum absolute atomic E-state index is 0. The molecular formula is C32H64NO3PS. The molecule has 226 valence electrons. The van der Waals surface area contributed by atoms with E-state index in [1.165, 1.54) is 128 Å². The molecule has 1 aromatic carbocycles. The van der Waals surface area contributed by atoms with Crippen molar-refractivity contribution >= 4 is 18.0 Å². The fourth-order valence-electron chi connectivity index (χ4n) is 4.58. The fourth-order valence-corrected chi connectivity index (χ4v) is 7.74. The van der Waals surface area contributed by atoms with Gasteiger partial charge in [-0.25, -0.2) is 0 Å². The molecule has 0 amide bonds. The van der Waals surface area contributed by atoms with Gasteiger partial charge in [0.25, 0.3) is 10.1 Å². The van der Waals surface area contributed by atoms with Crippen molar-refractivity contribution < 1.29 is 13.0 Å². The zero-order valence-corrected chi connectivity index (χ0v) is 27.4. The molecule has 0 unspecified atom stereocenters. The molecular weight excluding hydrogens is 509 g/mol. The Hall–Kier alpha value is -0.480. The van der Waals surface area contributed by atoms with Crippen LogP contribution in [0, 0.1) is 0 Å². The van der Waals surface area contributed by atoms with Gasteiger partial charge in [0.15, 0.2) is 0 Å². The van der Waals surface area contributed by atoms with Gasteiger partial charge in [0.05, 0.1) is 4.90 Å². The molecule has 0 saturated carbocycles. The Morgan fingerprint density at radius 2 is 0.868 bits per heavy atom. The van der Waals surface area contributed by atoms with Crippen LogP contribution in [0.25, 0.3) is 0 Å². The van der Waals surface area contributed by atoms with Crippen LogP contribution in [0.1, 0.15) is 149 Å². The monoisotopic (exact) mass is 573 g/mol. The third-order valence-electron chi connectivity index (χ3n) is 7.11. The second kappa shape index (κ2) is 28.1. The summed E-state index contributed by atoms with van der Waals surface area (Å²) in [7, 11) is -3.66. The van der Waals surface area contributed by atoms with Gasteiger partial charge in [-0.2, -0.15) is 8.42 Å². The summed E-state index contributed by atoms with van der Waals surface area (Å²) < 4.78 is 29.8. The van der Waals surface area contributed by atoms with E-state index in [0.717, 1.165) is 12.0 Å². The van der Waals surface area contributed by atoms with Crippen molar-refractivity contribution in [2.75, 3.05) is 18.5 Å². The Balaban J connectivity index is 0. The summed E-state index contributed by atoms with van der Waals surface area (Å²) in [4.78, 5) is -0.0558. The summed E-state index contributed by atoms with van der Waals surface area (Å²) in [5, 5.41) is 0. The molecule has 0 aromatic heterocycles. The average Bonchev–Trinajstić information content (AvgIpc) is 2.89. The Kier molecular flexibility index (Phi) is 29.3. The van der Waals surface area contributed by atoms with Gasteiger partial charge < -0.3 is 6.15 Å². The molecule has 0 spiro atoms. The van der Waals surface area contributed by atoms with E-state index < -0.39 is 10.1 Å². The largest absolute Gasteiger partial charge is 0.344 e. The predicted molar refractivity (Wildman–Crippen MR) is 172 cm³/mol. The molecule has 4 N–H and O–H groups in total. The Morgan fingerprint density at radius 3 is 1.16 bits per heavy atom. The van der Waals surface area contributed by atoms with E-state index in [0.29, 0.717) is 7.92 Å². The van der Waals surface area contributed by atoms with Crippen LogP contribution in [-0.2, 0) is 16.5 Å². The van der Waals surface area contributed by atoms with Gasteiger partial charge in [0, 0.05) is 0 Å². The molecule has 38 heavy (non-hydrogen) atoms. The molecule has 1 aromatic rings. The highest BCUT2D eigenvalue weighted by atomic mass is 32.2. The minimum Gasteiger partial charge on any atom is -0.344 e. The Morgan fingerprint density at radius 1 is 0.553 bits per heavy atom. The van der Waals surface area contributed by atoms with Crippen LogP contribution in [0.3, 0.4) is 0 Å². The first kappa shape index (κ1) is 39.7. The normalized spacial score (nSPS) is 11.2. The zero-order valence-electron chi connectivity index (χ0n) is 25.7. The number of hydrogen-bond acceptors (Lipinski definition) is 3. The summed E-state index contributed by atoms with van der Waals surface area (Å²) >= 11 is 0. The lowest BCUT2D eigenvalue weighted by atomic mass is 10.1. The SMILES string of the molecule is CCCCCCCCP(CCCCCCCC)CCCCCCCC.CCc1ccc(S(=O)(=O)O)cc1.N. The molecule has 0 aliphatic heterocycles. The summed E-state index contributed by atoms with van der Waals surface area (Å²) in [6, 6.07) is 6.16. The molecule has 0 radical (unpaired) electrons. The second-order valence-corrected chi connectivity index (χ2v) is 14.7. The number of benzene rings is 1.